The Hall–Kier alpha value is -2.55. The number of hydrogen-bond acceptors (Lipinski definition) is 5. The molecule has 0 aromatic carbocycles. The van der Waals surface area contributed by atoms with Crippen molar-refractivity contribution in [2.24, 2.45) is 0 Å². The fraction of sp³-hybridized carbons (Fsp3) is 0.476. The Morgan fingerprint density at radius 2 is 2.00 bits per heavy atom. The van der Waals surface area contributed by atoms with Crippen molar-refractivity contribution < 1.29 is 25.2 Å². The van der Waals surface area contributed by atoms with E-state index in [4.69, 9.17) is 0 Å². The third kappa shape index (κ3) is 5.13. The number of pyridine rings is 2. The van der Waals surface area contributed by atoms with Crippen LogP contribution in [0.5, 0.6) is 0 Å². The molecule has 0 amide bonds. The monoisotopic (exact) mass is 428 g/mol. The zero-order valence-corrected chi connectivity index (χ0v) is 17.1. The SMILES string of the molecule is Cc1ncccc1C(=O)c1nc(N2CCNC(CC(C)(C)F)C2)ccc1C(F)(F)F.[HH].[HH]. The summed E-state index contributed by atoms with van der Waals surface area (Å²) in [5.41, 5.74) is -2.72. The van der Waals surface area contributed by atoms with Gasteiger partial charge < -0.3 is 10.2 Å². The van der Waals surface area contributed by atoms with E-state index in [9.17, 15) is 22.4 Å². The number of alkyl halides is 4. The Kier molecular flexibility index (Phi) is 6.12. The number of carbonyl (C=O) groups excluding carboxylic acids is 1. The summed E-state index contributed by atoms with van der Waals surface area (Å²) in [6.07, 6.45) is -3.00. The zero-order valence-electron chi connectivity index (χ0n) is 17.1. The largest absolute Gasteiger partial charge is 0.418 e. The number of ketones is 1. The molecule has 30 heavy (non-hydrogen) atoms. The van der Waals surface area contributed by atoms with Crippen molar-refractivity contribution in [3.8, 4) is 0 Å². The van der Waals surface area contributed by atoms with Gasteiger partial charge in [-0.2, -0.15) is 13.2 Å². The third-order valence-corrected chi connectivity index (χ3v) is 4.96. The molecule has 0 bridgehead atoms. The number of halogens is 4. The predicted molar refractivity (Wildman–Crippen MR) is 110 cm³/mol. The van der Waals surface area contributed by atoms with Crippen molar-refractivity contribution >= 4 is 11.6 Å². The zero-order chi connectivity index (χ0) is 22.1. The van der Waals surface area contributed by atoms with Crippen LogP contribution in [0.4, 0.5) is 23.4 Å². The van der Waals surface area contributed by atoms with Gasteiger partial charge in [-0.15, -0.1) is 0 Å². The van der Waals surface area contributed by atoms with Crippen molar-refractivity contribution in [3.63, 3.8) is 0 Å². The van der Waals surface area contributed by atoms with E-state index >= 15 is 0 Å². The highest BCUT2D eigenvalue weighted by molar-refractivity contribution is 6.09. The van der Waals surface area contributed by atoms with Gasteiger partial charge in [0.1, 0.15) is 17.2 Å². The van der Waals surface area contributed by atoms with E-state index in [0.717, 1.165) is 6.07 Å². The number of nitrogens with one attached hydrogen (secondary N) is 1. The first-order valence-corrected chi connectivity index (χ1v) is 9.67. The molecule has 0 saturated carbocycles. The summed E-state index contributed by atoms with van der Waals surface area (Å²) >= 11 is 0. The van der Waals surface area contributed by atoms with Gasteiger partial charge >= 0.3 is 6.18 Å². The number of aromatic nitrogens is 2. The van der Waals surface area contributed by atoms with Crippen LogP contribution >= 0.6 is 0 Å². The van der Waals surface area contributed by atoms with Gasteiger partial charge in [0, 0.05) is 46.0 Å². The minimum absolute atomic E-state index is 0. The Morgan fingerprint density at radius 3 is 2.63 bits per heavy atom. The first-order valence-electron chi connectivity index (χ1n) is 9.67. The van der Waals surface area contributed by atoms with Crippen LogP contribution in [-0.2, 0) is 6.18 Å². The molecule has 1 aliphatic rings. The Balaban J connectivity index is 0.00000256. The first-order chi connectivity index (χ1) is 14.0. The van der Waals surface area contributed by atoms with Crippen molar-refractivity contribution in [2.75, 3.05) is 24.5 Å². The highest BCUT2D eigenvalue weighted by Gasteiger charge is 2.37. The second kappa shape index (κ2) is 8.29. The van der Waals surface area contributed by atoms with Crippen LogP contribution in [0.3, 0.4) is 0 Å². The fourth-order valence-electron chi connectivity index (χ4n) is 3.63. The lowest BCUT2D eigenvalue weighted by molar-refractivity contribution is -0.138. The lowest BCUT2D eigenvalue weighted by Gasteiger charge is -2.36. The van der Waals surface area contributed by atoms with Crippen molar-refractivity contribution in [1.29, 1.82) is 0 Å². The summed E-state index contributed by atoms with van der Waals surface area (Å²) in [6, 6.07) is 4.90. The van der Waals surface area contributed by atoms with Gasteiger partial charge in [-0.05, 0) is 51.5 Å². The van der Waals surface area contributed by atoms with Crippen LogP contribution in [0.15, 0.2) is 30.5 Å². The number of rotatable bonds is 5. The molecule has 3 heterocycles. The van der Waals surface area contributed by atoms with E-state index in [1.54, 1.807) is 11.8 Å². The van der Waals surface area contributed by atoms with Gasteiger partial charge in [-0.1, -0.05) is 0 Å². The Morgan fingerprint density at radius 1 is 1.27 bits per heavy atom. The summed E-state index contributed by atoms with van der Waals surface area (Å²) in [7, 11) is 0. The fourth-order valence-corrected chi connectivity index (χ4v) is 3.63. The molecular weight excluding hydrogens is 400 g/mol. The van der Waals surface area contributed by atoms with Crippen LogP contribution in [0.1, 0.15) is 50.4 Å². The molecule has 1 aliphatic heterocycles. The van der Waals surface area contributed by atoms with Crippen LogP contribution in [0, 0.1) is 6.92 Å². The maximum atomic E-state index is 14.0. The second-order valence-corrected chi connectivity index (χ2v) is 8.05. The van der Waals surface area contributed by atoms with E-state index in [0.29, 0.717) is 25.3 Å². The quantitative estimate of drug-likeness (QED) is 0.564. The number of piperazine rings is 1. The molecule has 2 aromatic rings. The van der Waals surface area contributed by atoms with Crippen LogP contribution in [0.25, 0.3) is 0 Å². The summed E-state index contributed by atoms with van der Waals surface area (Å²) in [5, 5.41) is 3.22. The van der Waals surface area contributed by atoms with E-state index in [1.807, 2.05) is 0 Å². The van der Waals surface area contributed by atoms with Gasteiger partial charge in [-0.3, -0.25) is 9.78 Å². The summed E-state index contributed by atoms with van der Waals surface area (Å²) in [6.45, 7) is 5.93. The van der Waals surface area contributed by atoms with Crippen molar-refractivity contribution in [3.05, 3.63) is 53.0 Å². The lowest BCUT2D eigenvalue weighted by Crippen LogP contribution is -2.52. The molecular formula is C21H28F4N4O. The first kappa shape index (κ1) is 22.1. The summed E-state index contributed by atoms with van der Waals surface area (Å²) < 4.78 is 54.8. The molecule has 9 heteroatoms. The average Bonchev–Trinajstić information content (AvgIpc) is 2.65. The average molecular weight is 428 g/mol. The lowest BCUT2D eigenvalue weighted by atomic mass is 9.99. The minimum Gasteiger partial charge on any atom is -0.354 e. The smallest absolute Gasteiger partial charge is 0.354 e. The highest BCUT2D eigenvalue weighted by atomic mass is 19.4. The molecule has 2 aromatic heterocycles. The van der Waals surface area contributed by atoms with E-state index in [1.165, 1.54) is 38.2 Å². The van der Waals surface area contributed by atoms with E-state index < -0.39 is 28.9 Å². The summed E-state index contributed by atoms with van der Waals surface area (Å²) in [5.74, 6) is -0.567. The number of nitrogens with zero attached hydrogens (tertiary/aromatic N) is 3. The molecule has 1 N–H and O–H groups in total. The molecule has 0 aliphatic carbocycles. The molecule has 1 fully saturated rings. The molecule has 1 saturated heterocycles. The molecule has 3 rings (SSSR count). The highest BCUT2D eigenvalue weighted by Crippen LogP contribution is 2.34. The second-order valence-electron chi connectivity index (χ2n) is 8.05. The molecule has 166 valence electrons. The maximum Gasteiger partial charge on any atom is 0.418 e. The van der Waals surface area contributed by atoms with Gasteiger partial charge in [0.15, 0.2) is 0 Å². The Labute approximate surface area is 175 Å². The van der Waals surface area contributed by atoms with Crippen LogP contribution < -0.4 is 10.2 Å². The molecule has 1 unspecified atom stereocenters. The number of anilines is 1. The third-order valence-electron chi connectivity index (χ3n) is 4.96. The molecule has 1 atom stereocenters. The predicted octanol–water partition coefficient (Wildman–Crippen LogP) is 4.44. The number of aryl methyl sites for hydroxylation is 1. The normalized spacial score (nSPS) is 17.8. The maximum absolute atomic E-state index is 14.0. The van der Waals surface area contributed by atoms with Gasteiger partial charge in [0.2, 0.25) is 5.78 Å². The van der Waals surface area contributed by atoms with Crippen LogP contribution in [0.2, 0.25) is 0 Å². The van der Waals surface area contributed by atoms with E-state index in [-0.39, 0.29) is 26.7 Å². The number of carbonyl (C=O) groups is 1. The topological polar surface area (TPSA) is 58.1 Å². The van der Waals surface area contributed by atoms with Crippen LogP contribution in [-0.4, -0.2) is 47.1 Å². The molecule has 5 nitrogen and oxygen atoms in total. The van der Waals surface area contributed by atoms with Gasteiger partial charge in [0.25, 0.3) is 0 Å². The van der Waals surface area contributed by atoms with Gasteiger partial charge in [0.05, 0.1) is 5.56 Å². The minimum atomic E-state index is -4.73. The Bertz CT molecular complexity index is 935. The van der Waals surface area contributed by atoms with Crippen molar-refractivity contribution in [2.45, 2.75) is 45.1 Å². The standard InChI is InChI=1S/C21H24F4N4O.2H2/c1-13-15(5-4-8-26-13)19(30)18-16(21(23,24)25)6-7-17(28-18)29-10-9-27-14(12-29)11-20(2,3)22;;/h4-8,14,27H,9-12H2,1-3H3;2*1H. The van der Waals surface area contributed by atoms with Gasteiger partial charge in [-0.25, -0.2) is 9.37 Å². The summed E-state index contributed by atoms with van der Waals surface area (Å²) in [4.78, 5) is 22.8. The molecule has 0 spiro atoms. The van der Waals surface area contributed by atoms with Crippen molar-refractivity contribution in [1.82, 2.24) is 15.3 Å². The molecule has 0 radical (unpaired) electrons. The van der Waals surface area contributed by atoms with E-state index in [2.05, 4.69) is 15.3 Å². The number of hydrogen-bond donors (Lipinski definition) is 1.